The molecule has 1 aliphatic carbocycles. The molecule has 124 valence electrons. The van der Waals surface area contributed by atoms with Gasteiger partial charge in [0.15, 0.2) is 23.2 Å². The first-order chi connectivity index (χ1) is 11.3. The van der Waals surface area contributed by atoms with Gasteiger partial charge in [-0.2, -0.15) is 5.11 Å². The summed E-state index contributed by atoms with van der Waals surface area (Å²) in [5, 5.41) is 19.6. The number of aliphatic imine (C=N–C) groups is 1. The second kappa shape index (κ2) is 6.99. The van der Waals surface area contributed by atoms with Gasteiger partial charge < -0.3 is 10.5 Å². The summed E-state index contributed by atoms with van der Waals surface area (Å²) in [6, 6.07) is 1.84. The molecule has 0 fully saturated rings. The quantitative estimate of drug-likeness (QED) is 0.563. The molecule has 0 bridgehead atoms. The molecule has 0 heterocycles. The van der Waals surface area contributed by atoms with Crippen molar-refractivity contribution in [2.45, 2.75) is 6.42 Å². The highest BCUT2D eigenvalue weighted by Crippen LogP contribution is 2.22. The van der Waals surface area contributed by atoms with Crippen LogP contribution in [0.4, 0.5) is 8.78 Å². The van der Waals surface area contributed by atoms with E-state index in [1.165, 1.54) is 6.21 Å². The number of benzene rings is 1. The minimum Gasteiger partial charge on any atom is -0.503 e. The number of phenolic OH excluding ortho intramolecular Hbond substituents is 1. The third-order valence-electron chi connectivity index (χ3n) is 3.36. The number of hydrogen-bond acceptors (Lipinski definition) is 7. The van der Waals surface area contributed by atoms with Crippen molar-refractivity contribution < 1.29 is 23.5 Å². The van der Waals surface area contributed by atoms with Crippen LogP contribution in [0, 0.1) is 28.5 Å². The maximum absolute atomic E-state index is 13.2. The van der Waals surface area contributed by atoms with Gasteiger partial charge in [0, 0.05) is 18.7 Å². The Hall–Kier alpha value is -3.10. The number of phenols is 1. The molecule has 1 atom stereocenters. The van der Waals surface area contributed by atoms with Gasteiger partial charge in [-0.3, -0.25) is 14.6 Å². The number of aromatic hydroxyl groups is 1. The predicted octanol–water partition coefficient (Wildman–Crippen LogP) is 1.99. The molecule has 1 aliphatic rings. The number of carbonyl (C=O) groups is 2. The Morgan fingerprint density at radius 3 is 2.46 bits per heavy atom. The van der Waals surface area contributed by atoms with Crippen LogP contribution in [0.15, 0.2) is 34.0 Å². The number of Topliss-reactive ketones (excluding diaryl/α,β-unsaturated/α-hetero) is 1. The Kier molecular flexibility index (Phi) is 5.02. The highest BCUT2D eigenvalue weighted by molar-refractivity contribution is 6.50. The van der Waals surface area contributed by atoms with E-state index in [0.29, 0.717) is 0 Å². The summed E-state index contributed by atoms with van der Waals surface area (Å²) < 4.78 is 26.4. The van der Waals surface area contributed by atoms with Crippen molar-refractivity contribution >= 4 is 23.5 Å². The summed E-state index contributed by atoms with van der Waals surface area (Å²) in [5.41, 5.74) is 6.30. The van der Waals surface area contributed by atoms with Gasteiger partial charge in [0.2, 0.25) is 5.78 Å². The molecule has 0 saturated carbocycles. The Morgan fingerprint density at radius 2 is 1.88 bits per heavy atom. The van der Waals surface area contributed by atoms with E-state index in [4.69, 9.17) is 16.0 Å². The van der Waals surface area contributed by atoms with Gasteiger partial charge >= 0.3 is 0 Å². The molecule has 1 unspecified atom stereocenters. The molecule has 3 N–H and O–H groups in total. The molecule has 24 heavy (non-hydrogen) atoms. The Balaban J connectivity index is 2.18. The van der Waals surface area contributed by atoms with E-state index in [1.54, 1.807) is 0 Å². The van der Waals surface area contributed by atoms with E-state index in [-0.39, 0.29) is 24.2 Å². The van der Waals surface area contributed by atoms with Crippen LogP contribution in [0.2, 0.25) is 0 Å². The summed E-state index contributed by atoms with van der Waals surface area (Å²) in [5.74, 6) is -5.77. The largest absolute Gasteiger partial charge is 0.503 e. The van der Waals surface area contributed by atoms with Crippen molar-refractivity contribution in [2.75, 3.05) is 6.54 Å². The molecule has 7 nitrogen and oxygen atoms in total. The summed E-state index contributed by atoms with van der Waals surface area (Å²) in [6.45, 7) is -0.315. The topological polar surface area (TPSA) is 127 Å². The van der Waals surface area contributed by atoms with Gasteiger partial charge in [0.05, 0.1) is 18.2 Å². The molecule has 0 spiro atoms. The van der Waals surface area contributed by atoms with Crippen LogP contribution in [0.25, 0.3) is 0 Å². The minimum atomic E-state index is -1.14. The number of rotatable bonds is 5. The van der Waals surface area contributed by atoms with Crippen molar-refractivity contribution in [3.8, 4) is 5.75 Å². The smallest absolute Gasteiger partial charge is 0.202 e. The molecule has 0 aromatic heterocycles. The summed E-state index contributed by atoms with van der Waals surface area (Å²) in [7, 11) is 0. The van der Waals surface area contributed by atoms with Gasteiger partial charge in [0.25, 0.3) is 0 Å². The second-order valence-corrected chi connectivity index (χ2v) is 4.99. The average molecular weight is 334 g/mol. The monoisotopic (exact) mass is 334 g/mol. The third kappa shape index (κ3) is 3.45. The van der Waals surface area contributed by atoms with Crippen LogP contribution in [0.3, 0.4) is 0 Å². The second-order valence-electron chi connectivity index (χ2n) is 4.99. The van der Waals surface area contributed by atoms with Crippen LogP contribution in [0.5, 0.6) is 5.75 Å². The molecule has 0 aliphatic heterocycles. The standard InChI is InChI=1S/C15H12F2N4O3/c16-9-3-7(4-10(17)15(9)24)1-2-20-11-5-12(22)13(18)8(6-21-19)14(11)23/h2-5,8,18-19,24H,1,6H2. The molecule has 2 rings (SSSR count). The highest BCUT2D eigenvalue weighted by Gasteiger charge is 2.34. The number of hydrogen-bond donors (Lipinski definition) is 3. The third-order valence-corrected chi connectivity index (χ3v) is 3.36. The van der Waals surface area contributed by atoms with Crippen LogP contribution >= 0.6 is 0 Å². The van der Waals surface area contributed by atoms with Crippen LogP contribution < -0.4 is 0 Å². The molecule has 0 saturated heterocycles. The molecule has 0 radical (unpaired) electrons. The molecule has 1 aromatic rings. The molecule has 1 aromatic carbocycles. The lowest BCUT2D eigenvalue weighted by molar-refractivity contribution is -0.119. The minimum absolute atomic E-state index is 0.0438. The van der Waals surface area contributed by atoms with Crippen molar-refractivity contribution in [3.05, 3.63) is 41.1 Å². The number of carbonyl (C=O) groups excluding carboxylic acids is 2. The van der Waals surface area contributed by atoms with Gasteiger partial charge in [0.1, 0.15) is 5.70 Å². The zero-order chi connectivity index (χ0) is 17.9. The van der Waals surface area contributed by atoms with E-state index in [1.807, 2.05) is 0 Å². The maximum Gasteiger partial charge on any atom is 0.202 e. The molecular formula is C15H12F2N4O3. The normalized spacial score (nSPS) is 18.2. The summed E-state index contributed by atoms with van der Waals surface area (Å²) in [6.07, 6.45) is 2.05. The Labute approximate surface area is 134 Å². The number of ketones is 2. The summed E-state index contributed by atoms with van der Waals surface area (Å²) in [4.78, 5) is 27.6. The Morgan fingerprint density at radius 1 is 1.25 bits per heavy atom. The lowest BCUT2D eigenvalue weighted by atomic mass is 9.88. The first-order valence-electron chi connectivity index (χ1n) is 6.76. The molecule has 0 amide bonds. The highest BCUT2D eigenvalue weighted by atomic mass is 19.1. The first-order valence-corrected chi connectivity index (χ1v) is 6.76. The Bertz CT molecular complexity index is 779. The van der Waals surface area contributed by atoms with Gasteiger partial charge in [-0.25, -0.2) is 14.3 Å². The van der Waals surface area contributed by atoms with Crippen molar-refractivity contribution in [2.24, 2.45) is 16.0 Å². The van der Waals surface area contributed by atoms with E-state index in [9.17, 15) is 18.4 Å². The first kappa shape index (κ1) is 17.3. The molecular weight excluding hydrogens is 322 g/mol. The number of nitrogens with one attached hydrogen (secondary N) is 2. The van der Waals surface area contributed by atoms with Gasteiger partial charge in [-0.1, -0.05) is 0 Å². The fourth-order valence-electron chi connectivity index (χ4n) is 2.11. The number of nitrogens with zero attached hydrogens (tertiary/aromatic N) is 2. The van der Waals surface area contributed by atoms with Gasteiger partial charge in [-0.15, -0.1) is 0 Å². The fraction of sp³-hybridized carbons (Fsp3) is 0.200. The van der Waals surface area contributed by atoms with Crippen molar-refractivity contribution in [1.82, 2.24) is 0 Å². The van der Waals surface area contributed by atoms with Crippen molar-refractivity contribution in [1.29, 1.82) is 10.9 Å². The van der Waals surface area contributed by atoms with E-state index in [0.717, 1.165) is 18.2 Å². The van der Waals surface area contributed by atoms with E-state index in [2.05, 4.69) is 10.1 Å². The number of halogens is 2. The zero-order valence-electron chi connectivity index (χ0n) is 12.2. The zero-order valence-corrected chi connectivity index (χ0v) is 12.2. The summed E-state index contributed by atoms with van der Waals surface area (Å²) >= 11 is 0. The maximum atomic E-state index is 13.2. The van der Waals surface area contributed by atoms with Crippen LogP contribution in [0.1, 0.15) is 5.56 Å². The predicted molar refractivity (Wildman–Crippen MR) is 79.5 cm³/mol. The molecule has 9 heteroatoms. The van der Waals surface area contributed by atoms with Gasteiger partial charge in [-0.05, 0) is 17.7 Å². The van der Waals surface area contributed by atoms with Crippen LogP contribution in [-0.2, 0) is 16.0 Å². The SMILES string of the molecule is N=NCC1C(=N)C(=O)C=C(N=CCc2cc(F)c(O)c(F)c2)C1=O. The lowest BCUT2D eigenvalue weighted by Crippen LogP contribution is -2.36. The van der Waals surface area contributed by atoms with E-state index < -0.39 is 40.6 Å². The number of allylic oxidation sites excluding steroid dienone is 2. The van der Waals surface area contributed by atoms with Crippen LogP contribution in [-0.4, -0.2) is 35.1 Å². The van der Waals surface area contributed by atoms with Crippen molar-refractivity contribution in [3.63, 3.8) is 0 Å². The van der Waals surface area contributed by atoms with E-state index >= 15 is 0 Å². The lowest BCUT2D eigenvalue weighted by Gasteiger charge is -2.17. The average Bonchev–Trinajstić information content (AvgIpc) is 2.54. The fourth-order valence-corrected chi connectivity index (χ4v) is 2.11.